The molecule has 0 spiro atoms. The molecule has 31 heavy (non-hydrogen) atoms. The van der Waals surface area contributed by atoms with Gasteiger partial charge in [-0.2, -0.15) is 5.26 Å². The smallest absolute Gasteiger partial charge is 0.410 e. The number of aliphatic hydroxyl groups excluding tert-OH is 1. The quantitative estimate of drug-likeness (QED) is 0.752. The lowest BCUT2D eigenvalue weighted by Crippen LogP contribution is -2.63. The van der Waals surface area contributed by atoms with Gasteiger partial charge in [0, 0.05) is 29.3 Å². The molecule has 170 valence electrons. The molecule has 2 aliphatic heterocycles. The lowest BCUT2D eigenvalue weighted by Gasteiger charge is -2.50. The van der Waals surface area contributed by atoms with Gasteiger partial charge in [0.25, 0.3) is 0 Å². The van der Waals surface area contributed by atoms with Crippen LogP contribution in [0.3, 0.4) is 0 Å². The van der Waals surface area contributed by atoms with E-state index in [0.717, 1.165) is 16.7 Å². The van der Waals surface area contributed by atoms with Gasteiger partial charge in [0.1, 0.15) is 11.8 Å². The van der Waals surface area contributed by atoms with Crippen LogP contribution in [0.1, 0.15) is 36.6 Å². The molecule has 1 aromatic rings. The highest BCUT2D eigenvalue weighted by Gasteiger charge is 2.47. The van der Waals surface area contributed by atoms with Crippen molar-refractivity contribution in [1.29, 1.82) is 5.26 Å². The fourth-order valence-corrected chi connectivity index (χ4v) is 4.89. The lowest BCUT2D eigenvalue weighted by molar-refractivity contribution is -0.0202. The zero-order valence-electron chi connectivity index (χ0n) is 19.0. The highest BCUT2D eigenvalue weighted by molar-refractivity contribution is 5.69. The molecule has 1 aromatic carbocycles. The predicted octanol–water partition coefficient (Wildman–Crippen LogP) is 2.03. The maximum Gasteiger partial charge on any atom is 0.410 e. The summed E-state index contributed by atoms with van der Waals surface area (Å²) in [5.41, 5.74) is 2.46. The van der Waals surface area contributed by atoms with Crippen molar-refractivity contribution < 1.29 is 28.8 Å². The number of carbonyl (C=O) groups excluding carboxylic acids is 1. The SMILES string of the molecule is COc1c(C)c(OC)c(OC)c2c1C[C@H]1CN(C(=O)OC(C)C)C[C@@H](C#N)N1[C@H]2CO. The number of methoxy groups -OCH3 is 3. The molecule has 0 aliphatic carbocycles. The first-order valence-electron chi connectivity index (χ1n) is 10.4. The molecule has 3 rings (SSSR count). The maximum atomic E-state index is 12.6. The molecule has 1 fully saturated rings. The molecule has 2 aliphatic rings. The van der Waals surface area contributed by atoms with E-state index in [1.54, 1.807) is 40.1 Å². The molecule has 0 radical (unpaired) electrons. The normalized spacial score (nSPS) is 22.9. The Morgan fingerprint density at radius 1 is 1.16 bits per heavy atom. The van der Waals surface area contributed by atoms with Crippen molar-refractivity contribution in [3.63, 3.8) is 0 Å². The Morgan fingerprint density at radius 3 is 2.32 bits per heavy atom. The number of ether oxygens (including phenoxy) is 4. The van der Waals surface area contributed by atoms with E-state index in [-0.39, 0.29) is 25.3 Å². The number of amides is 1. The van der Waals surface area contributed by atoms with Gasteiger partial charge in [-0.3, -0.25) is 4.90 Å². The van der Waals surface area contributed by atoms with Crippen molar-refractivity contribution >= 4 is 6.09 Å². The molecule has 0 saturated carbocycles. The molecule has 9 heteroatoms. The molecule has 3 atom stereocenters. The summed E-state index contributed by atoms with van der Waals surface area (Å²) in [6, 6.07) is 1.01. The molecule has 1 amide bonds. The van der Waals surface area contributed by atoms with E-state index in [1.165, 1.54) is 0 Å². The fraction of sp³-hybridized carbons (Fsp3) is 0.636. The maximum absolute atomic E-state index is 12.6. The van der Waals surface area contributed by atoms with Crippen LogP contribution in [0.2, 0.25) is 0 Å². The second kappa shape index (κ2) is 9.20. The molecule has 0 unspecified atom stereocenters. The standard InChI is InChI=1S/C22H31N3O6/c1-12(2)31-22(27)24-9-14-7-16-18(17(11-26)25(14)15(8-23)10-24)21(30-6)20(29-5)13(3)19(16)28-4/h12,14-15,17,26H,7,9-11H2,1-6H3/t14-,15+,17-/m0/s1. The van der Waals surface area contributed by atoms with Gasteiger partial charge in [-0.25, -0.2) is 4.79 Å². The van der Waals surface area contributed by atoms with Crippen LogP contribution in [0.15, 0.2) is 0 Å². The van der Waals surface area contributed by atoms with E-state index in [0.29, 0.717) is 30.2 Å². The van der Waals surface area contributed by atoms with E-state index in [4.69, 9.17) is 18.9 Å². The van der Waals surface area contributed by atoms with Crippen LogP contribution in [-0.4, -0.2) is 80.2 Å². The summed E-state index contributed by atoms with van der Waals surface area (Å²) in [5.74, 6) is 1.75. The van der Waals surface area contributed by atoms with Crippen molar-refractivity contribution in [1.82, 2.24) is 9.80 Å². The summed E-state index contributed by atoms with van der Waals surface area (Å²) in [4.78, 5) is 16.1. The van der Waals surface area contributed by atoms with Crippen molar-refractivity contribution in [3.05, 3.63) is 16.7 Å². The van der Waals surface area contributed by atoms with Crippen molar-refractivity contribution in [2.75, 3.05) is 41.0 Å². The number of rotatable bonds is 5. The van der Waals surface area contributed by atoms with E-state index in [9.17, 15) is 15.2 Å². The Bertz CT molecular complexity index is 881. The number of piperazine rings is 1. The minimum absolute atomic E-state index is 0.186. The third kappa shape index (κ3) is 3.86. The van der Waals surface area contributed by atoms with Crippen LogP contribution in [0.4, 0.5) is 4.79 Å². The minimum Gasteiger partial charge on any atom is -0.496 e. The summed E-state index contributed by atoms with van der Waals surface area (Å²) in [6.07, 6.45) is -0.153. The fourth-order valence-electron chi connectivity index (χ4n) is 4.89. The van der Waals surface area contributed by atoms with Gasteiger partial charge in [-0.1, -0.05) is 0 Å². The van der Waals surface area contributed by atoms with Crippen molar-refractivity contribution in [3.8, 4) is 23.3 Å². The molecule has 0 aromatic heterocycles. The summed E-state index contributed by atoms with van der Waals surface area (Å²) >= 11 is 0. The first kappa shape index (κ1) is 23.0. The first-order valence-corrected chi connectivity index (χ1v) is 10.4. The molecule has 1 N–H and O–H groups in total. The van der Waals surface area contributed by atoms with Gasteiger partial charge in [0.15, 0.2) is 11.5 Å². The largest absolute Gasteiger partial charge is 0.496 e. The van der Waals surface area contributed by atoms with Gasteiger partial charge in [0.05, 0.1) is 52.7 Å². The van der Waals surface area contributed by atoms with E-state index >= 15 is 0 Å². The van der Waals surface area contributed by atoms with Gasteiger partial charge in [0.2, 0.25) is 0 Å². The Hall–Kier alpha value is -2.70. The zero-order valence-corrected chi connectivity index (χ0v) is 19.0. The monoisotopic (exact) mass is 433 g/mol. The number of benzene rings is 1. The van der Waals surface area contributed by atoms with Gasteiger partial charge >= 0.3 is 6.09 Å². The van der Waals surface area contributed by atoms with Crippen molar-refractivity contribution in [2.45, 2.75) is 51.4 Å². The molecule has 9 nitrogen and oxygen atoms in total. The molecule has 1 saturated heterocycles. The van der Waals surface area contributed by atoms with Crippen LogP contribution >= 0.6 is 0 Å². The Morgan fingerprint density at radius 2 is 1.81 bits per heavy atom. The minimum atomic E-state index is -0.605. The van der Waals surface area contributed by atoms with E-state index < -0.39 is 18.2 Å². The second-order valence-corrected chi connectivity index (χ2v) is 8.10. The lowest BCUT2D eigenvalue weighted by atomic mass is 9.82. The van der Waals surface area contributed by atoms with E-state index in [1.807, 2.05) is 11.8 Å². The van der Waals surface area contributed by atoms with Crippen LogP contribution in [-0.2, 0) is 11.2 Å². The topological polar surface area (TPSA) is 104 Å². The number of carbonyl (C=O) groups is 1. The zero-order chi connectivity index (χ0) is 22.9. The number of hydrogen-bond acceptors (Lipinski definition) is 8. The summed E-state index contributed by atoms with van der Waals surface area (Å²) in [5, 5.41) is 20.3. The third-order valence-corrected chi connectivity index (χ3v) is 6.00. The van der Waals surface area contributed by atoms with Crippen molar-refractivity contribution in [2.24, 2.45) is 0 Å². The number of hydrogen-bond donors (Lipinski definition) is 1. The van der Waals surface area contributed by atoms with Gasteiger partial charge in [-0.05, 0) is 27.2 Å². The number of aliphatic hydroxyl groups is 1. The summed E-state index contributed by atoms with van der Waals surface area (Å²) in [7, 11) is 4.72. The second-order valence-electron chi connectivity index (χ2n) is 8.10. The average Bonchev–Trinajstić information content (AvgIpc) is 2.75. The van der Waals surface area contributed by atoms with Crippen LogP contribution < -0.4 is 14.2 Å². The Kier molecular flexibility index (Phi) is 6.82. The average molecular weight is 434 g/mol. The molecular weight excluding hydrogens is 402 g/mol. The predicted molar refractivity (Wildman–Crippen MR) is 113 cm³/mol. The van der Waals surface area contributed by atoms with Crippen LogP contribution in [0, 0.1) is 18.3 Å². The van der Waals surface area contributed by atoms with Gasteiger partial charge < -0.3 is 29.0 Å². The Labute approximate surface area is 183 Å². The molecule has 2 heterocycles. The summed E-state index contributed by atoms with van der Waals surface area (Å²) < 4.78 is 22.4. The van der Waals surface area contributed by atoms with E-state index in [2.05, 4.69) is 6.07 Å². The van der Waals surface area contributed by atoms with Crippen LogP contribution in [0.5, 0.6) is 17.2 Å². The third-order valence-electron chi connectivity index (χ3n) is 6.00. The van der Waals surface area contributed by atoms with Crippen LogP contribution in [0.25, 0.3) is 0 Å². The number of fused-ring (bicyclic) bond motifs is 2. The Balaban J connectivity index is 2.13. The van der Waals surface area contributed by atoms with Gasteiger partial charge in [-0.15, -0.1) is 0 Å². The number of nitriles is 1. The summed E-state index contributed by atoms with van der Waals surface area (Å²) in [6.45, 7) is 5.85. The molecular formula is C22H31N3O6. The number of nitrogens with zero attached hydrogens (tertiary/aromatic N) is 3. The highest BCUT2D eigenvalue weighted by Crippen LogP contribution is 2.51. The highest BCUT2D eigenvalue weighted by atomic mass is 16.6. The molecule has 0 bridgehead atoms. The first-order chi connectivity index (χ1) is 14.8.